The van der Waals surface area contributed by atoms with E-state index in [1.807, 2.05) is 6.07 Å². The standard InChI is InChI=1S/C18H30N2O/c1-5-16-12-19-18(14(2)3)13-20(16)9-10-21-17-8-6-7-15(4)11-17/h6-8,11,14,16,18-19H,5,9-10,12-13H2,1-4H3. The SMILES string of the molecule is CCC1CNC(C(C)C)CN1CCOc1cccc(C)c1. The first-order valence-electron chi connectivity index (χ1n) is 8.27. The van der Waals surface area contributed by atoms with E-state index >= 15 is 0 Å². The van der Waals surface area contributed by atoms with Gasteiger partial charge < -0.3 is 10.1 Å². The van der Waals surface area contributed by atoms with Crippen LogP contribution in [0.2, 0.25) is 0 Å². The highest BCUT2D eigenvalue weighted by atomic mass is 16.5. The van der Waals surface area contributed by atoms with Gasteiger partial charge in [-0.15, -0.1) is 0 Å². The second kappa shape index (κ2) is 7.81. The summed E-state index contributed by atoms with van der Waals surface area (Å²) < 4.78 is 5.92. The quantitative estimate of drug-likeness (QED) is 0.871. The lowest BCUT2D eigenvalue weighted by molar-refractivity contribution is 0.0934. The molecule has 1 aromatic carbocycles. The van der Waals surface area contributed by atoms with Gasteiger partial charge in [-0.3, -0.25) is 4.90 Å². The van der Waals surface area contributed by atoms with Gasteiger partial charge in [-0.1, -0.05) is 32.9 Å². The maximum atomic E-state index is 5.92. The monoisotopic (exact) mass is 290 g/mol. The van der Waals surface area contributed by atoms with Crippen molar-refractivity contribution in [3.05, 3.63) is 29.8 Å². The van der Waals surface area contributed by atoms with Crippen molar-refractivity contribution in [2.24, 2.45) is 5.92 Å². The minimum absolute atomic E-state index is 0.603. The molecule has 2 atom stereocenters. The normalized spacial score (nSPS) is 23.5. The van der Waals surface area contributed by atoms with Crippen LogP contribution in [0, 0.1) is 12.8 Å². The smallest absolute Gasteiger partial charge is 0.119 e. The minimum atomic E-state index is 0.603. The zero-order chi connectivity index (χ0) is 15.2. The van der Waals surface area contributed by atoms with Gasteiger partial charge in [0.1, 0.15) is 12.4 Å². The highest BCUT2D eigenvalue weighted by Gasteiger charge is 2.27. The highest BCUT2D eigenvalue weighted by molar-refractivity contribution is 5.27. The van der Waals surface area contributed by atoms with E-state index in [0.717, 1.165) is 32.0 Å². The molecule has 1 fully saturated rings. The summed E-state index contributed by atoms with van der Waals surface area (Å²) in [5.41, 5.74) is 1.25. The third-order valence-electron chi connectivity index (χ3n) is 4.48. The van der Waals surface area contributed by atoms with Crippen molar-refractivity contribution >= 4 is 0 Å². The van der Waals surface area contributed by atoms with Gasteiger partial charge >= 0.3 is 0 Å². The number of benzene rings is 1. The van der Waals surface area contributed by atoms with E-state index < -0.39 is 0 Å². The van der Waals surface area contributed by atoms with Crippen LogP contribution in [0.5, 0.6) is 5.75 Å². The third kappa shape index (κ3) is 4.72. The van der Waals surface area contributed by atoms with Crippen molar-refractivity contribution in [3.8, 4) is 5.75 Å². The largest absolute Gasteiger partial charge is 0.492 e. The minimum Gasteiger partial charge on any atom is -0.492 e. The Bertz CT molecular complexity index is 433. The van der Waals surface area contributed by atoms with Gasteiger partial charge in [-0.25, -0.2) is 0 Å². The van der Waals surface area contributed by atoms with E-state index in [2.05, 4.69) is 56.1 Å². The summed E-state index contributed by atoms with van der Waals surface area (Å²) in [7, 11) is 0. The first-order valence-corrected chi connectivity index (χ1v) is 8.27. The maximum Gasteiger partial charge on any atom is 0.119 e. The molecule has 3 nitrogen and oxygen atoms in total. The lowest BCUT2D eigenvalue weighted by Crippen LogP contribution is -2.58. The van der Waals surface area contributed by atoms with Crippen LogP contribution in [0.15, 0.2) is 24.3 Å². The van der Waals surface area contributed by atoms with Crippen molar-refractivity contribution in [2.75, 3.05) is 26.2 Å². The van der Waals surface area contributed by atoms with E-state index in [9.17, 15) is 0 Å². The van der Waals surface area contributed by atoms with Crippen molar-refractivity contribution < 1.29 is 4.74 Å². The number of ether oxygens (including phenoxy) is 1. The average molecular weight is 290 g/mol. The van der Waals surface area contributed by atoms with Crippen LogP contribution in [-0.2, 0) is 0 Å². The van der Waals surface area contributed by atoms with E-state index in [-0.39, 0.29) is 0 Å². The van der Waals surface area contributed by atoms with Gasteiger partial charge in [0.15, 0.2) is 0 Å². The predicted octanol–water partition coefficient (Wildman–Crippen LogP) is 3.08. The van der Waals surface area contributed by atoms with E-state index in [4.69, 9.17) is 4.74 Å². The van der Waals surface area contributed by atoms with Crippen LogP contribution < -0.4 is 10.1 Å². The van der Waals surface area contributed by atoms with Crippen LogP contribution >= 0.6 is 0 Å². The highest BCUT2D eigenvalue weighted by Crippen LogP contribution is 2.16. The number of piperazine rings is 1. The Hall–Kier alpha value is -1.06. The molecule has 0 radical (unpaired) electrons. The molecule has 0 aliphatic carbocycles. The van der Waals surface area contributed by atoms with Gasteiger partial charge in [0.25, 0.3) is 0 Å². The summed E-state index contributed by atoms with van der Waals surface area (Å²) in [4.78, 5) is 2.59. The molecule has 1 aromatic rings. The van der Waals surface area contributed by atoms with Gasteiger partial charge in [0, 0.05) is 31.7 Å². The molecular weight excluding hydrogens is 260 g/mol. The Balaban J connectivity index is 1.84. The van der Waals surface area contributed by atoms with Gasteiger partial charge in [-0.05, 0) is 37.0 Å². The summed E-state index contributed by atoms with van der Waals surface area (Å²) in [6.07, 6.45) is 1.20. The molecule has 0 aromatic heterocycles. The van der Waals surface area contributed by atoms with Gasteiger partial charge in [0.05, 0.1) is 0 Å². The molecule has 2 unspecified atom stereocenters. The fourth-order valence-corrected chi connectivity index (χ4v) is 2.99. The number of hydrogen-bond acceptors (Lipinski definition) is 3. The lowest BCUT2D eigenvalue weighted by Gasteiger charge is -2.41. The molecule has 1 aliphatic heterocycles. The summed E-state index contributed by atoms with van der Waals surface area (Å²) in [6, 6.07) is 9.54. The summed E-state index contributed by atoms with van der Waals surface area (Å²) in [5.74, 6) is 1.67. The average Bonchev–Trinajstić information content (AvgIpc) is 2.47. The van der Waals surface area contributed by atoms with E-state index in [0.29, 0.717) is 18.0 Å². The lowest BCUT2D eigenvalue weighted by atomic mass is 9.98. The van der Waals surface area contributed by atoms with Gasteiger partial charge in [-0.2, -0.15) is 0 Å². The Kier molecular flexibility index (Phi) is 6.07. The molecule has 3 heteroatoms. The number of rotatable bonds is 6. The topological polar surface area (TPSA) is 24.5 Å². The molecule has 0 bridgehead atoms. The molecule has 1 N–H and O–H groups in total. The maximum absolute atomic E-state index is 5.92. The molecule has 1 heterocycles. The first kappa shape index (κ1) is 16.3. The number of hydrogen-bond donors (Lipinski definition) is 1. The third-order valence-corrected chi connectivity index (χ3v) is 4.48. The van der Waals surface area contributed by atoms with Crippen LogP contribution in [0.4, 0.5) is 0 Å². The van der Waals surface area contributed by atoms with Crippen molar-refractivity contribution in [3.63, 3.8) is 0 Å². The number of nitrogens with one attached hydrogen (secondary N) is 1. The molecule has 0 saturated carbocycles. The van der Waals surface area contributed by atoms with Crippen LogP contribution in [0.3, 0.4) is 0 Å². The first-order chi connectivity index (χ1) is 10.1. The molecule has 21 heavy (non-hydrogen) atoms. The van der Waals surface area contributed by atoms with Gasteiger partial charge in [0.2, 0.25) is 0 Å². The zero-order valence-electron chi connectivity index (χ0n) is 13.9. The molecule has 0 amide bonds. The van der Waals surface area contributed by atoms with Crippen molar-refractivity contribution in [1.82, 2.24) is 10.2 Å². The van der Waals surface area contributed by atoms with E-state index in [1.165, 1.54) is 12.0 Å². The Morgan fingerprint density at radius 1 is 1.38 bits per heavy atom. The van der Waals surface area contributed by atoms with Crippen molar-refractivity contribution in [2.45, 2.75) is 46.2 Å². The summed E-state index contributed by atoms with van der Waals surface area (Å²) in [5, 5.41) is 3.68. The molecule has 1 saturated heterocycles. The fourth-order valence-electron chi connectivity index (χ4n) is 2.99. The van der Waals surface area contributed by atoms with Crippen molar-refractivity contribution in [1.29, 1.82) is 0 Å². The summed E-state index contributed by atoms with van der Waals surface area (Å²) >= 11 is 0. The molecular formula is C18H30N2O. The van der Waals surface area contributed by atoms with Crippen LogP contribution in [-0.4, -0.2) is 43.2 Å². The molecule has 2 rings (SSSR count). The zero-order valence-corrected chi connectivity index (χ0v) is 13.9. The fraction of sp³-hybridized carbons (Fsp3) is 0.667. The molecule has 0 spiro atoms. The predicted molar refractivity (Wildman–Crippen MR) is 89.0 cm³/mol. The second-order valence-electron chi connectivity index (χ2n) is 6.48. The number of aryl methyl sites for hydroxylation is 1. The summed E-state index contributed by atoms with van der Waals surface area (Å²) in [6.45, 7) is 13.0. The molecule has 118 valence electrons. The second-order valence-corrected chi connectivity index (χ2v) is 6.48. The Morgan fingerprint density at radius 2 is 2.19 bits per heavy atom. The number of nitrogens with zero attached hydrogens (tertiary/aromatic N) is 1. The Labute approximate surface area is 129 Å². The van der Waals surface area contributed by atoms with Crippen LogP contribution in [0.1, 0.15) is 32.8 Å². The van der Waals surface area contributed by atoms with Crippen LogP contribution in [0.25, 0.3) is 0 Å². The van der Waals surface area contributed by atoms with E-state index in [1.54, 1.807) is 0 Å². The molecule has 1 aliphatic rings. The Morgan fingerprint density at radius 3 is 2.86 bits per heavy atom.